The Balaban J connectivity index is 2.13. The van der Waals surface area contributed by atoms with Crippen molar-refractivity contribution in [1.82, 2.24) is 19.9 Å². The van der Waals surface area contributed by atoms with Crippen LogP contribution in [-0.4, -0.2) is 26.5 Å². The van der Waals surface area contributed by atoms with E-state index < -0.39 is 0 Å². The second-order valence-electron chi connectivity index (χ2n) is 3.52. The zero-order valence-electron chi connectivity index (χ0n) is 10.0. The molecule has 0 spiro atoms. The van der Waals surface area contributed by atoms with Crippen LogP contribution in [0.2, 0.25) is 5.28 Å². The Morgan fingerprint density at radius 1 is 1.33 bits per heavy atom. The highest BCUT2D eigenvalue weighted by molar-refractivity contribution is 7.09. The van der Waals surface area contributed by atoms with Crippen LogP contribution in [0.5, 0.6) is 0 Å². The normalized spacial score (nSPS) is 12.2. The lowest BCUT2D eigenvalue weighted by Crippen LogP contribution is -2.12. The fraction of sp³-hybridized carbons (Fsp3) is 0.400. The average molecular weight is 285 g/mol. The number of nitrogens with zero attached hydrogens (tertiary/aromatic N) is 4. The summed E-state index contributed by atoms with van der Waals surface area (Å²) in [4.78, 5) is 16.5. The van der Waals surface area contributed by atoms with E-state index in [1.165, 1.54) is 0 Å². The first kappa shape index (κ1) is 13.0. The second kappa shape index (κ2) is 5.92. The summed E-state index contributed by atoms with van der Waals surface area (Å²) in [5.41, 5.74) is 0. The summed E-state index contributed by atoms with van der Waals surface area (Å²) in [5.74, 6) is 0.903. The fourth-order valence-corrected chi connectivity index (χ4v) is 2.16. The number of anilines is 2. The Kier molecular flexibility index (Phi) is 4.27. The summed E-state index contributed by atoms with van der Waals surface area (Å²) >= 11 is 7.41. The quantitative estimate of drug-likeness (QED) is 0.879. The summed E-state index contributed by atoms with van der Waals surface area (Å²) in [6, 6.07) is 0.0259. The van der Waals surface area contributed by atoms with E-state index in [2.05, 4.69) is 30.6 Å². The monoisotopic (exact) mass is 284 g/mol. The largest absolute Gasteiger partial charge is 0.354 e. The minimum absolute atomic E-state index is 0.0259. The zero-order chi connectivity index (χ0) is 13.0. The van der Waals surface area contributed by atoms with Gasteiger partial charge in [0.05, 0.1) is 6.04 Å². The third-order valence-corrected chi connectivity index (χ3v) is 3.24. The molecular formula is C10H13ClN6S. The van der Waals surface area contributed by atoms with Gasteiger partial charge >= 0.3 is 0 Å². The van der Waals surface area contributed by atoms with Crippen molar-refractivity contribution in [3.8, 4) is 0 Å². The molecule has 2 aromatic rings. The minimum Gasteiger partial charge on any atom is -0.354 e. The van der Waals surface area contributed by atoms with E-state index in [9.17, 15) is 0 Å². The molecule has 18 heavy (non-hydrogen) atoms. The topological polar surface area (TPSA) is 75.6 Å². The van der Waals surface area contributed by atoms with Gasteiger partial charge < -0.3 is 10.6 Å². The molecule has 0 aliphatic rings. The summed E-state index contributed by atoms with van der Waals surface area (Å²) in [6.07, 6.45) is 1.77. The molecule has 0 bridgehead atoms. The molecule has 1 unspecified atom stereocenters. The average Bonchev–Trinajstić information content (AvgIpc) is 2.81. The maximum absolute atomic E-state index is 5.84. The molecule has 8 heteroatoms. The SMILES string of the molecule is CCNc1nc(Cl)nc(NC(C)c2nccs2)n1. The molecule has 0 aliphatic carbocycles. The van der Waals surface area contributed by atoms with E-state index in [0.29, 0.717) is 11.9 Å². The first-order chi connectivity index (χ1) is 8.69. The minimum atomic E-state index is 0.0259. The molecule has 0 saturated heterocycles. The predicted octanol–water partition coefficient (Wildman–Crippen LogP) is 2.59. The maximum atomic E-state index is 5.84. The third-order valence-electron chi connectivity index (χ3n) is 2.11. The van der Waals surface area contributed by atoms with Gasteiger partial charge in [-0.25, -0.2) is 4.98 Å². The Morgan fingerprint density at radius 2 is 2.11 bits per heavy atom. The highest BCUT2D eigenvalue weighted by atomic mass is 35.5. The van der Waals surface area contributed by atoms with Crippen molar-refractivity contribution in [2.75, 3.05) is 17.2 Å². The molecular weight excluding hydrogens is 272 g/mol. The number of hydrogen-bond acceptors (Lipinski definition) is 7. The van der Waals surface area contributed by atoms with E-state index in [1.54, 1.807) is 17.5 Å². The number of rotatable bonds is 5. The Labute approximate surface area is 114 Å². The van der Waals surface area contributed by atoms with Gasteiger partial charge in [-0.2, -0.15) is 15.0 Å². The molecule has 0 saturated carbocycles. The molecule has 96 valence electrons. The first-order valence-corrected chi connectivity index (χ1v) is 6.76. The highest BCUT2D eigenvalue weighted by Crippen LogP contribution is 2.19. The van der Waals surface area contributed by atoms with Crippen LogP contribution in [0, 0.1) is 0 Å². The summed E-state index contributed by atoms with van der Waals surface area (Å²) < 4.78 is 0. The van der Waals surface area contributed by atoms with E-state index in [-0.39, 0.29) is 11.3 Å². The van der Waals surface area contributed by atoms with Gasteiger partial charge in [0.1, 0.15) is 5.01 Å². The molecule has 0 aliphatic heterocycles. The number of nitrogens with one attached hydrogen (secondary N) is 2. The van der Waals surface area contributed by atoms with Crippen molar-refractivity contribution < 1.29 is 0 Å². The number of halogens is 1. The third kappa shape index (κ3) is 3.27. The van der Waals surface area contributed by atoms with Crippen molar-refractivity contribution in [1.29, 1.82) is 0 Å². The second-order valence-corrected chi connectivity index (χ2v) is 4.78. The van der Waals surface area contributed by atoms with Gasteiger partial charge in [0, 0.05) is 18.1 Å². The van der Waals surface area contributed by atoms with E-state index >= 15 is 0 Å². The molecule has 2 rings (SSSR count). The summed E-state index contributed by atoms with van der Waals surface area (Å²) in [5, 5.41) is 9.20. The molecule has 0 aromatic carbocycles. The maximum Gasteiger partial charge on any atom is 0.229 e. The lowest BCUT2D eigenvalue weighted by molar-refractivity contribution is 0.842. The van der Waals surface area contributed by atoms with Crippen molar-refractivity contribution >= 4 is 34.8 Å². The smallest absolute Gasteiger partial charge is 0.229 e. The molecule has 2 N–H and O–H groups in total. The van der Waals surface area contributed by atoms with Gasteiger partial charge in [0.2, 0.25) is 17.2 Å². The number of thiazole rings is 1. The molecule has 6 nitrogen and oxygen atoms in total. The van der Waals surface area contributed by atoms with Crippen LogP contribution in [-0.2, 0) is 0 Å². The van der Waals surface area contributed by atoms with Crippen LogP contribution in [0.3, 0.4) is 0 Å². The first-order valence-electron chi connectivity index (χ1n) is 5.50. The molecule has 0 fully saturated rings. The van der Waals surface area contributed by atoms with Crippen molar-refractivity contribution in [2.24, 2.45) is 0 Å². The van der Waals surface area contributed by atoms with Crippen LogP contribution in [0.25, 0.3) is 0 Å². The van der Waals surface area contributed by atoms with Crippen LogP contribution < -0.4 is 10.6 Å². The van der Waals surface area contributed by atoms with Gasteiger partial charge in [-0.15, -0.1) is 11.3 Å². The van der Waals surface area contributed by atoms with E-state index in [4.69, 9.17) is 11.6 Å². The van der Waals surface area contributed by atoms with E-state index in [0.717, 1.165) is 11.6 Å². The molecule has 2 heterocycles. The van der Waals surface area contributed by atoms with Crippen molar-refractivity contribution in [2.45, 2.75) is 19.9 Å². The Morgan fingerprint density at radius 3 is 2.78 bits per heavy atom. The lowest BCUT2D eigenvalue weighted by Gasteiger charge is -2.11. The fourth-order valence-electron chi connectivity index (χ4n) is 1.36. The summed E-state index contributed by atoms with van der Waals surface area (Å²) in [6.45, 7) is 4.67. The van der Waals surface area contributed by atoms with Crippen LogP contribution in [0.1, 0.15) is 24.9 Å². The Bertz CT molecular complexity index is 503. The van der Waals surface area contributed by atoms with Gasteiger partial charge in [-0.05, 0) is 25.4 Å². The summed E-state index contributed by atoms with van der Waals surface area (Å²) in [7, 11) is 0. The van der Waals surface area contributed by atoms with Crippen LogP contribution in [0.4, 0.5) is 11.9 Å². The molecule has 2 aromatic heterocycles. The number of aromatic nitrogens is 4. The number of hydrogen-bond donors (Lipinski definition) is 2. The van der Waals surface area contributed by atoms with Gasteiger partial charge in [-0.3, -0.25) is 0 Å². The molecule has 1 atom stereocenters. The van der Waals surface area contributed by atoms with Crippen molar-refractivity contribution in [3.05, 3.63) is 21.9 Å². The molecule has 0 radical (unpaired) electrons. The highest BCUT2D eigenvalue weighted by Gasteiger charge is 2.11. The van der Waals surface area contributed by atoms with Crippen LogP contribution in [0.15, 0.2) is 11.6 Å². The Hall–Kier alpha value is -1.47. The van der Waals surface area contributed by atoms with Gasteiger partial charge in [0.25, 0.3) is 0 Å². The van der Waals surface area contributed by atoms with Gasteiger partial charge in [0.15, 0.2) is 0 Å². The van der Waals surface area contributed by atoms with Crippen molar-refractivity contribution in [3.63, 3.8) is 0 Å². The molecule has 0 amide bonds. The van der Waals surface area contributed by atoms with Gasteiger partial charge in [-0.1, -0.05) is 0 Å². The predicted molar refractivity (Wildman–Crippen MR) is 73.2 cm³/mol. The van der Waals surface area contributed by atoms with Crippen LogP contribution >= 0.6 is 22.9 Å². The van der Waals surface area contributed by atoms with E-state index in [1.807, 2.05) is 19.2 Å². The lowest BCUT2D eigenvalue weighted by atomic mass is 10.4. The zero-order valence-corrected chi connectivity index (χ0v) is 11.6. The standard InChI is InChI=1S/C10H13ClN6S/c1-3-12-9-15-8(11)16-10(17-9)14-6(2)7-13-4-5-18-7/h4-6H,3H2,1-2H3,(H2,12,14,15,16,17).